The molecular weight excluding hydrogens is 383 g/mol. The van der Waals surface area contributed by atoms with Crippen LogP contribution in [-0.2, 0) is 0 Å². The number of hydrogen-bond acceptors (Lipinski definition) is 2. The van der Waals surface area contributed by atoms with Gasteiger partial charge in [0, 0.05) is 21.4 Å². The second-order valence-electron chi connectivity index (χ2n) is 5.48. The van der Waals surface area contributed by atoms with E-state index in [1.54, 1.807) is 0 Å². The molecule has 4 nitrogen and oxygen atoms in total. The highest BCUT2D eigenvalue weighted by Gasteiger charge is 2.48. The number of hydrogen-bond donors (Lipinski definition) is 2. The van der Waals surface area contributed by atoms with Gasteiger partial charge in [-0.25, -0.2) is 0 Å². The van der Waals surface area contributed by atoms with E-state index in [9.17, 15) is 0 Å². The first-order chi connectivity index (χ1) is 11.5. The average Bonchev–Trinajstić information content (AvgIpc) is 3.02. The lowest BCUT2D eigenvalue weighted by Gasteiger charge is -2.23. The largest absolute Gasteiger partial charge is 0.338 e. The van der Waals surface area contributed by atoms with Crippen molar-refractivity contribution < 1.29 is 0 Å². The number of halogens is 2. The molecule has 0 saturated carbocycles. The smallest absolute Gasteiger partial charge is 0.177 e. The molecule has 24 heavy (non-hydrogen) atoms. The van der Waals surface area contributed by atoms with Crippen LogP contribution in [-0.4, -0.2) is 22.6 Å². The first-order valence-corrected chi connectivity index (χ1v) is 8.82. The van der Waals surface area contributed by atoms with E-state index in [0.29, 0.717) is 20.3 Å². The van der Waals surface area contributed by atoms with E-state index in [1.807, 2.05) is 58.3 Å². The number of nitrogens with one attached hydrogen (secondary N) is 2. The van der Waals surface area contributed by atoms with Crippen molar-refractivity contribution in [1.82, 2.24) is 10.6 Å². The summed E-state index contributed by atoms with van der Waals surface area (Å²) < 4.78 is 0. The molecule has 8 heteroatoms. The third kappa shape index (κ3) is 2.59. The summed E-state index contributed by atoms with van der Waals surface area (Å²) in [6.45, 7) is 0. The molecule has 0 aliphatic carbocycles. The minimum absolute atomic E-state index is 0.0955. The Labute approximate surface area is 160 Å². The fraction of sp³-hybridized carbons (Fsp3) is 0.125. The number of benzene rings is 2. The lowest BCUT2D eigenvalue weighted by Crippen LogP contribution is -2.43. The molecule has 0 bridgehead atoms. The minimum atomic E-state index is -0.0955. The highest BCUT2D eigenvalue weighted by molar-refractivity contribution is 7.81. The molecule has 0 spiro atoms. The summed E-state index contributed by atoms with van der Waals surface area (Å²) in [6.07, 6.45) is -0.191. The van der Waals surface area contributed by atoms with Crippen molar-refractivity contribution in [3.05, 3.63) is 58.6 Å². The minimum Gasteiger partial charge on any atom is -0.338 e. The van der Waals surface area contributed by atoms with Gasteiger partial charge >= 0.3 is 0 Å². The van der Waals surface area contributed by atoms with Crippen LogP contribution >= 0.6 is 47.6 Å². The first-order valence-electron chi connectivity index (χ1n) is 7.25. The van der Waals surface area contributed by atoms with Crippen LogP contribution in [0.4, 0.5) is 11.4 Å². The highest BCUT2D eigenvalue weighted by Crippen LogP contribution is 2.32. The number of rotatable bonds is 2. The number of nitrogens with zero attached hydrogens (tertiary/aromatic N) is 2. The second-order valence-corrected chi connectivity index (χ2v) is 7.13. The highest BCUT2D eigenvalue weighted by atomic mass is 35.5. The van der Waals surface area contributed by atoms with E-state index in [1.165, 1.54) is 0 Å². The van der Waals surface area contributed by atoms with Crippen LogP contribution in [0.1, 0.15) is 0 Å². The Balaban J connectivity index is 1.67. The molecule has 0 radical (unpaired) electrons. The van der Waals surface area contributed by atoms with E-state index in [2.05, 4.69) is 10.6 Å². The lowest BCUT2D eigenvalue weighted by molar-refractivity contribution is 0.577. The van der Waals surface area contributed by atoms with Crippen molar-refractivity contribution in [2.45, 2.75) is 12.3 Å². The van der Waals surface area contributed by atoms with Crippen LogP contribution in [0.5, 0.6) is 0 Å². The van der Waals surface area contributed by atoms with Gasteiger partial charge in [0.15, 0.2) is 10.2 Å². The number of thiocarbonyl (C=S) groups is 2. The molecule has 2 unspecified atom stereocenters. The van der Waals surface area contributed by atoms with Crippen LogP contribution in [0.3, 0.4) is 0 Å². The van der Waals surface area contributed by atoms with Crippen LogP contribution in [0, 0.1) is 0 Å². The molecule has 2 aliphatic heterocycles. The first kappa shape index (κ1) is 15.9. The lowest BCUT2D eigenvalue weighted by atomic mass is 10.2. The van der Waals surface area contributed by atoms with Gasteiger partial charge < -0.3 is 10.6 Å². The van der Waals surface area contributed by atoms with E-state index in [4.69, 9.17) is 47.6 Å². The molecule has 2 aromatic rings. The fourth-order valence-corrected chi connectivity index (χ4v) is 3.90. The van der Waals surface area contributed by atoms with E-state index in [-0.39, 0.29) is 12.3 Å². The summed E-state index contributed by atoms with van der Waals surface area (Å²) in [5.74, 6) is 0. The zero-order valence-electron chi connectivity index (χ0n) is 12.2. The van der Waals surface area contributed by atoms with E-state index in [0.717, 1.165) is 11.4 Å². The predicted molar refractivity (Wildman–Crippen MR) is 107 cm³/mol. The molecular formula is C16H12Cl2N4S2. The van der Waals surface area contributed by atoms with Gasteiger partial charge in [-0.15, -0.1) is 0 Å². The Morgan fingerprint density at radius 3 is 1.33 bits per heavy atom. The van der Waals surface area contributed by atoms with Gasteiger partial charge in [0.2, 0.25) is 0 Å². The Morgan fingerprint density at radius 1 is 0.667 bits per heavy atom. The number of fused-ring (bicyclic) bond motifs is 1. The van der Waals surface area contributed by atoms with Gasteiger partial charge in [0.1, 0.15) is 12.3 Å². The van der Waals surface area contributed by atoms with Crippen LogP contribution in [0.15, 0.2) is 48.5 Å². The average molecular weight is 395 g/mol. The van der Waals surface area contributed by atoms with Crippen molar-refractivity contribution in [3.8, 4) is 0 Å². The molecule has 2 heterocycles. The third-order valence-electron chi connectivity index (χ3n) is 4.05. The molecule has 0 aromatic heterocycles. The summed E-state index contributed by atoms with van der Waals surface area (Å²) in [4.78, 5) is 4.02. The summed E-state index contributed by atoms with van der Waals surface area (Å²) >= 11 is 23.0. The molecule has 2 aliphatic rings. The van der Waals surface area contributed by atoms with Gasteiger partial charge in [0.05, 0.1) is 0 Å². The van der Waals surface area contributed by atoms with Crippen molar-refractivity contribution in [3.63, 3.8) is 0 Å². The standard InChI is InChI=1S/C16H12Cl2N4S2/c17-9-1-5-11(6-2-9)21-13-14(20-15(21)23)22(16(24)19-13)12-7-3-10(18)4-8-12/h1-8,13-14H,(H,19,24)(H,20,23). The van der Waals surface area contributed by atoms with Crippen molar-refractivity contribution in [2.24, 2.45) is 0 Å². The number of anilines is 2. The molecule has 2 saturated heterocycles. The normalized spacial score (nSPS) is 22.4. The van der Waals surface area contributed by atoms with Crippen LogP contribution < -0.4 is 20.4 Å². The van der Waals surface area contributed by atoms with Gasteiger partial charge in [-0.3, -0.25) is 9.80 Å². The predicted octanol–water partition coefficient (Wildman–Crippen LogP) is 3.73. The quantitative estimate of drug-likeness (QED) is 0.754. The Hall–Kier alpha value is -1.60. The summed E-state index contributed by atoms with van der Waals surface area (Å²) in [6, 6.07) is 15.1. The maximum atomic E-state index is 5.98. The monoisotopic (exact) mass is 394 g/mol. The van der Waals surface area contributed by atoms with Crippen LogP contribution in [0.2, 0.25) is 10.0 Å². The van der Waals surface area contributed by atoms with Crippen molar-refractivity contribution >= 4 is 69.2 Å². The molecule has 2 aromatic carbocycles. The maximum Gasteiger partial charge on any atom is 0.177 e. The zero-order chi connectivity index (χ0) is 16.8. The molecule has 122 valence electrons. The SMILES string of the molecule is S=C1NC2C(NC(=S)N2c2ccc(Cl)cc2)N1c1ccc(Cl)cc1. The Bertz CT molecular complexity index is 740. The van der Waals surface area contributed by atoms with Gasteiger partial charge in [-0.05, 0) is 73.0 Å². The van der Waals surface area contributed by atoms with E-state index < -0.39 is 0 Å². The molecule has 0 amide bonds. The Kier molecular flexibility index (Phi) is 4.00. The summed E-state index contributed by atoms with van der Waals surface area (Å²) in [5, 5.41) is 9.33. The van der Waals surface area contributed by atoms with E-state index >= 15 is 0 Å². The molecule has 4 rings (SSSR count). The Morgan fingerprint density at radius 2 is 1.00 bits per heavy atom. The third-order valence-corrected chi connectivity index (χ3v) is 5.18. The molecule has 2 fully saturated rings. The molecule has 2 atom stereocenters. The zero-order valence-corrected chi connectivity index (χ0v) is 15.4. The van der Waals surface area contributed by atoms with Crippen molar-refractivity contribution in [1.29, 1.82) is 0 Å². The molecule has 2 N–H and O–H groups in total. The van der Waals surface area contributed by atoms with Gasteiger partial charge in [-0.2, -0.15) is 0 Å². The van der Waals surface area contributed by atoms with Gasteiger partial charge in [0.25, 0.3) is 0 Å². The fourth-order valence-electron chi connectivity index (χ4n) is 2.97. The topological polar surface area (TPSA) is 30.5 Å². The van der Waals surface area contributed by atoms with Gasteiger partial charge in [-0.1, -0.05) is 23.2 Å². The van der Waals surface area contributed by atoms with Crippen molar-refractivity contribution in [2.75, 3.05) is 9.80 Å². The second kappa shape index (κ2) is 6.04. The van der Waals surface area contributed by atoms with Crippen LogP contribution in [0.25, 0.3) is 0 Å². The summed E-state index contributed by atoms with van der Waals surface area (Å²) in [7, 11) is 0. The maximum absolute atomic E-state index is 5.98. The summed E-state index contributed by atoms with van der Waals surface area (Å²) in [5.41, 5.74) is 1.91.